The first-order valence-electron chi connectivity index (χ1n) is 7.71. The van der Waals surface area contributed by atoms with E-state index in [1.165, 1.54) is 0 Å². The number of aryl methyl sites for hydroxylation is 1. The van der Waals surface area contributed by atoms with E-state index in [1.807, 2.05) is 6.92 Å². The van der Waals surface area contributed by atoms with Crippen molar-refractivity contribution < 1.29 is 19.2 Å². The molecule has 0 radical (unpaired) electrons. The van der Waals surface area contributed by atoms with Crippen molar-refractivity contribution in [3.63, 3.8) is 0 Å². The summed E-state index contributed by atoms with van der Waals surface area (Å²) in [4.78, 5) is 29.8. The van der Waals surface area contributed by atoms with Crippen LogP contribution in [0.25, 0.3) is 0 Å². The monoisotopic (exact) mass is 303 g/mol. The number of ketones is 2. The first kappa shape index (κ1) is 15.2. The molecule has 1 aliphatic carbocycles. The zero-order valence-electron chi connectivity index (χ0n) is 12.7. The minimum atomic E-state index is -0.626. The molecule has 3 unspecified atom stereocenters. The standard InChI is InChI=1S/C17H21NO4/c1-10-6-13(22-18)2-3-14(10)16-15(19)8-12(17(16)20)7-11-4-5-21-9-11/h2-3,6,11-12,16H,4-5,7-9,18H2,1H3. The summed E-state index contributed by atoms with van der Waals surface area (Å²) in [6, 6.07) is 5.23. The molecule has 1 saturated heterocycles. The first-order chi connectivity index (χ1) is 10.6. The number of hydrogen-bond donors (Lipinski definition) is 1. The van der Waals surface area contributed by atoms with E-state index < -0.39 is 5.92 Å². The predicted octanol–water partition coefficient (Wildman–Crippen LogP) is 1.92. The van der Waals surface area contributed by atoms with Crippen LogP contribution in [0.4, 0.5) is 0 Å². The summed E-state index contributed by atoms with van der Waals surface area (Å²) in [5.41, 5.74) is 1.64. The van der Waals surface area contributed by atoms with Gasteiger partial charge < -0.3 is 9.57 Å². The Morgan fingerprint density at radius 3 is 2.82 bits per heavy atom. The van der Waals surface area contributed by atoms with E-state index in [9.17, 15) is 9.59 Å². The van der Waals surface area contributed by atoms with Crippen molar-refractivity contribution in [2.75, 3.05) is 13.2 Å². The van der Waals surface area contributed by atoms with E-state index >= 15 is 0 Å². The quantitative estimate of drug-likeness (QED) is 0.679. The maximum absolute atomic E-state index is 12.7. The van der Waals surface area contributed by atoms with Crippen LogP contribution in [0.5, 0.6) is 5.75 Å². The van der Waals surface area contributed by atoms with Crippen LogP contribution in [0.1, 0.15) is 36.3 Å². The highest BCUT2D eigenvalue weighted by atomic mass is 16.6. The Labute approximate surface area is 129 Å². The van der Waals surface area contributed by atoms with Gasteiger partial charge in [-0.15, -0.1) is 0 Å². The molecule has 3 atom stereocenters. The number of Topliss-reactive ketones (excluding diaryl/α,β-unsaturated/α-hetero) is 2. The Balaban J connectivity index is 1.79. The molecule has 118 valence electrons. The summed E-state index contributed by atoms with van der Waals surface area (Å²) >= 11 is 0. The van der Waals surface area contributed by atoms with Crippen LogP contribution in [0.15, 0.2) is 18.2 Å². The lowest BCUT2D eigenvalue weighted by molar-refractivity contribution is -0.125. The van der Waals surface area contributed by atoms with E-state index in [0.29, 0.717) is 24.7 Å². The number of hydrogen-bond acceptors (Lipinski definition) is 5. The number of ether oxygens (including phenoxy) is 1. The lowest BCUT2D eigenvalue weighted by Gasteiger charge is -2.15. The van der Waals surface area contributed by atoms with Gasteiger partial charge in [0, 0.05) is 25.6 Å². The van der Waals surface area contributed by atoms with Gasteiger partial charge in [-0.25, -0.2) is 0 Å². The van der Waals surface area contributed by atoms with E-state index in [0.717, 1.165) is 30.6 Å². The van der Waals surface area contributed by atoms with E-state index in [1.54, 1.807) is 18.2 Å². The van der Waals surface area contributed by atoms with Gasteiger partial charge in [-0.2, -0.15) is 5.90 Å². The minimum Gasteiger partial charge on any atom is -0.412 e. The second-order valence-corrected chi connectivity index (χ2v) is 6.30. The van der Waals surface area contributed by atoms with Gasteiger partial charge in [0.15, 0.2) is 5.78 Å². The summed E-state index contributed by atoms with van der Waals surface area (Å²) in [7, 11) is 0. The molecule has 3 rings (SSSR count). The third-order valence-electron chi connectivity index (χ3n) is 4.79. The first-order valence-corrected chi connectivity index (χ1v) is 7.71. The zero-order valence-corrected chi connectivity index (χ0v) is 12.7. The molecule has 5 heteroatoms. The number of rotatable bonds is 4. The van der Waals surface area contributed by atoms with Crippen LogP contribution >= 0.6 is 0 Å². The van der Waals surface area contributed by atoms with E-state index in [-0.39, 0.29) is 17.5 Å². The summed E-state index contributed by atoms with van der Waals surface area (Å²) in [6.07, 6.45) is 2.11. The van der Waals surface area contributed by atoms with Crippen LogP contribution in [0.2, 0.25) is 0 Å². The SMILES string of the molecule is Cc1cc(ON)ccc1C1C(=O)CC(CC2CCOC2)C1=O. The zero-order chi connectivity index (χ0) is 15.7. The fourth-order valence-corrected chi connectivity index (χ4v) is 3.60. The van der Waals surface area contributed by atoms with Crippen molar-refractivity contribution in [3.05, 3.63) is 29.3 Å². The van der Waals surface area contributed by atoms with Crippen LogP contribution in [-0.2, 0) is 14.3 Å². The largest absolute Gasteiger partial charge is 0.412 e. The normalized spacial score (nSPS) is 28.4. The molecular formula is C17H21NO4. The van der Waals surface area contributed by atoms with Crippen LogP contribution in [0.3, 0.4) is 0 Å². The number of benzene rings is 1. The summed E-state index contributed by atoms with van der Waals surface area (Å²) in [6.45, 7) is 3.35. The highest BCUT2D eigenvalue weighted by Gasteiger charge is 2.43. The lowest BCUT2D eigenvalue weighted by atomic mass is 9.88. The Morgan fingerprint density at radius 1 is 1.36 bits per heavy atom. The molecule has 0 bridgehead atoms. The molecule has 0 amide bonds. The van der Waals surface area contributed by atoms with Gasteiger partial charge in [0.05, 0.1) is 0 Å². The number of carbonyl (C=O) groups excluding carboxylic acids is 2. The molecule has 22 heavy (non-hydrogen) atoms. The molecule has 1 saturated carbocycles. The second-order valence-electron chi connectivity index (χ2n) is 6.30. The van der Waals surface area contributed by atoms with Crippen molar-refractivity contribution in [1.82, 2.24) is 0 Å². The fraction of sp³-hybridized carbons (Fsp3) is 0.529. The maximum atomic E-state index is 12.7. The van der Waals surface area contributed by atoms with Crippen LogP contribution in [-0.4, -0.2) is 24.8 Å². The topological polar surface area (TPSA) is 78.6 Å². The average molecular weight is 303 g/mol. The smallest absolute Gasteiger partial charge is 0.151 e. The van der Waals surface area contributed by atoms with Crippen LogP contribution in [0, 0.1) is 18.8 Å². The third kappa shape index (κ3) is 2.78. The highest BCUT2D eigenvalue weighted by molar-refractivity contribution is 6.14. The maximum Gasteiger partial charge on any atom is 0.151 e. The number of nitrogens with two attached hydrogens (primary N) is 1. The average Bonchev–Trinajstić information content (AvgIpc) is 3.09. The van der Waals surface area contributed by atoms with Gasteiger partial charge >= 0.3 is 0 Å². The van der Waals surface area contributed by atoms with E-state index in [4.69, 9.17) is 15.5 Å². The van der Waals surface area contributed by atoms with Gasteiger partial charge in [0.25, 0.3) is 0 Å². The summed E-state index contributed by atoms with van der Waals surface area (Å²) in [5.74, 6) is 5.38. The van der Waals surface area contributed by atoms with Crippen molar-refractivity contribution in [1.29, 1.82) is 0 Å². The number of carbonyl (C=O) groups is 2. The van der Waals surface area contributed by atoms with Crippen molar-refractivity contribution in [3.8, 4) is 5.75 Å². The minimum absolute atomic E-state index is 0.0263. The van der Waals surface area contributed by atoms with Crippen molar-refractivity contribution in [2.45, 2.75) is 32.1 Å². The van der Waals surface area contributed by atoms with Gasteiger partial charge in [-0.05, 0) is 48.9 Å². The molecule has 2 aliphatic rings. The van der Waals surface area contributed by atoms with Gasteiger partial charge in [-0.1, -0.05) is 6.07 Å². The molecule has 1 heterocycles. The van der Waals surface area contributed by atoms with E-state index in [2.05, 4.69) is 0 Å². The van der Waals surface area contributed by atoms with Crippen molar-refractivity contribution >= 4 is 11.6 Å². The van der Waals surface area contributed by atoms with Gasteiger partial charge in [-0.3, -0.25) is 9.59 Å². The molecular weight excluding hydrogens is 282 g/mol. The Bertz CT molecular complexity index is 592. The molecule has 2 N–H and O–H groups in total. The summed E-state index contributed by atoms with van der Waals surface area (Å²) < 4.78 is 5.36. The van der Waals surface area contributed by atoms with Gasteiger partial charge in [0.2, 0.25) is 0 Å². The molecule has 0 aromatic heterocycles. The van der Waals surface area contributed by atoms with Crippen molar-refractivity contribution in [2.24, 2.45) is 17.7 Å². The summed E-state index contributed by atoms with van der Waals surface area (Å²) in [5, 5.41) is 0. The highest BCUT2D eigenvalue weighted by Crippen LogP contribution is 2.38. The molecule has 1 aliphatic heterocycles. The molecule has 1 aromatic rings. The molecule has 5 nitrogen and oxygen atoms in total. The predicted molar refractivity (Wildman–Crippen MR) is 80.4 cm³/mol. The molecule has 2 fully saturated rings. The van der Waals surface area contributed by atoms with Crippen LogP contribution < -0.4 is 10.7 Å². The lowest BCUT2D eigenvalue weighted by Crippen LogP contribution is -2.18. The Morgan fingerprint density at radius 2 is 2.18 bits per heavy atom. The Hall–Kier alpha value is -1.72. The molecule has 0 spiro atoms. The van der Waals surface area contributed by atoms with Gasteiger partial charge in [0.1, 0.15) is 17.5 Å². The second kappa shape index (κ2) is 6.18. The fourth-order valence-electron chi connectivity index (χ4n) is 3.60. The Kier molecular flexibility index (Phi) is 4.27. The third-order valence-corrected chi connectivity index (χ3v) is 4.79. The molecule has 1 aromatic carbocycles.